The van der Waals surface area contributed by atoms with Gasteiger partial charge in [0.2, 0.25) is 0 Å². The van der Waals surface area contributed by atoms with Crippen molar-refractivity contribution in [3.05, 3.63) is 93.4 Å². The van der Waals surface area contributed by atoms with Crippen LogP contribution in [0.5, 0.6) is 0 Å². The second-order valence-electron chi connectivity index (χ2n) is 11.9. The van der Waals surface area contributed by atoms with E-state index in [-0.39, 0.29) is 30.7 Å². The van der Waals surface area contributed by atoms with E-state index in [0.29, 0.717) is 34.1 Å². The Balaban J connectivity index is 0.000000253. The molecule has 266 valence electrons. The third-order valence-corrected chi connectivity index (χ3v) is 9.16. The van der Waals surface area contributed by atoms with Gasteiger partial charge in [-0.15, -0.1) is 10.2 Å². The van der Waals surface area contributed by atoms with E-state index in [0.717, 1.165) is 42.5 Å². The average Bonchev–Trinajstić information content (AvgIpc) is 3.91. The van der Waals surface area contributed by atoms with E-state index in [4.69, 9.17) is 28.9 Å². The van der Waals surface area contributed by atoms with Crippen LogP contribution in [0.2, 0.25) is 10.0 Å². The summed E-state index contributed by atoms with van der Waals surface area (Å²) in [6.07, 6.45) is 12.0. The minimum absolute atomic E-state index is 0.0175. The summed E-state index contributed by atoms with van der Waals surface area (Å²) in [5, 5.41) is 23.1. The van der Waals surface area contributed by atoms with Crippen LogP contribution >= 0.6 is 23.2 Å². The molecule has 11 nitrogen and oxygen atoms in total. The normalized spacial score (nSPS) is 17.1. The van der Waals surface area contributed by atoms with Gasteiger partial charge in [0.05, 0.1) is 30.9 Å². The number of halogens is 2. The molecule has 0 radical (unpaired) electrons. The molecule has 0 spiro atoms. The lowest BCUT2D eigenvalue weighted by Gasteiger charge is -2.25. The van der Waals surface area contributed by atoms with Crippen molar-refractivity contribution >= 4 is 41.2 Å². The molecule has 2 aromatic rings. The number of hydrogen-bond donors (Lipinski definition) is 6. The summed E-state index contributed by atoms with van der Waals surface area (Å²) < 4.78 is 0. The highest BCUT2D eigenvalue weighted by Crippen LogP contribution is 2.37. The predicted molar refractivity (Wildman–Crippen MR) is 196 cm³/mol. The minimum atomic E-state index is -0.394. The van der Waals surface area contributed by atoms with Gasteiger partial charge in [0, 0.05) is 35.1 Å². The number of benzene rings is 2. The average molecular weight is 714 g/mol. The fourth-order valence-electron chi connectivity index (χ4n) is 6.29. The second kappa shape index (κ2) is 21.1. The first-order valence-corrected chi connectivity index (χ1v) is 17.9. The molecule has 2 atom stereocenters. The monoisotopic (exact) mass is 712 g/mol. The second-order valence-corrected chi connectivity index (χ2v) is 12.8. The molecular formula is C36H50Cl2N8O3. The van der Waals surface area contributed by atoms with Crippen molar-refractivity contribution < 1.29 is 14.4 Å². The Morgan fingerprint density at radius 1 is 0.837 bits per heavy atom. The summed E-state index contributed by atoms with van der Waals surface area (Å²) in [5.74, 6) is 0.462. The molecule has 1 unspecified atom stereocenters. The molecule has 49 heavy (non-hydrogen) atoms. The Hall–Kier alpha value is -4.09. The highest BCUT2D eigenvalue weighted by atomic mass is 35.5. The third-order valence-electron chi connectivity index (χ3n) is 8.69. The van der Waals surface area contributed by atoms with E-state index in [1.165, 1.54) is 38.0 Å². The maximum atomic E-state index is 12.3. The number of hydrogen-bond acceptors (Lipinski definition) is 6. The van der Waals surface area contributed by atoms with Gasteiger partial charge in [-0.05, 0) is 72.9 Å². The van der Waals surface area contributed by atoms with Gasteiger partial charge < -0.3 is 32.3 Å². The summed E-state index contributed by atoms with van der Waals surface area (Å²) in [6, 6.07) is 14.8. The number of carbonyl (C=O) groups excluding carboxylic acids is 3. The molecule has 0 aromatic heterocycles. The summed E-state index contributed by atoms with van der Waals surface area (Å²) in [7, 11) is 1.77. The number of rotatable bonds is 11. The lowest BCUT2D eigenvalue weighted by molar-refractivity contribution is -0.113. The van der Waals surface area contributed by atoms with E-state index in [1.54, 1.807) is 7.05 Å². The fourth-order valence-corrected chi connectivity index (χ4v) is 6.69. The minimum Gasteiger partial charge on any atom is -0.403 e. The van der Waals surface area contributed by atoms with E-state index >= 15 is 0 Å². The van der Waals surface area contributed by atoms with E-state index in [9.17, 15) is 14.4 Å². The Morgan fingerprint density at radius 2 is 1.33 bits per heavy atom. The van der Waals surface area contributed by atoms with Gasteiger partial charge in [-0.25, -0.2) is 9.59 Å². The molecule has 3 aliphatic rings. The molecule has 0 bridgehead atoms. The highest BCUT2D eigenvalue weighted by Gasteiger charge is 2.29. The highest BCUT2D eigenvalue weighted by molar-refractivity contribution is 6.30. The third kappa shape index (κ3) is 13.0. The number of nitrogens with two attached hydrogens (primary N) is 1. The predicted octanol–water partition coefficient (Wildman–Crippen LogP) is 7.66. The van der Waals surface area contributed by atoms with Crippen LogP contribution in [0.25, 0.3) is 0 Å². The Bertz CT molecular complexity index is 1470. The van der Waals surface area contributed by atoms with Gasteiger partial charge in [0.1, 0.15) is 0 Å². The maximum absolute atomic E-state index is 12.3. The van der Waals surface area contributed by atoms with Crippen LogP contribution in [0, 0.1) is 11.8 Å². The zero-order valence-electron chi connectivity index (χ0n) is 28.6. The molecule has 1 heterocycles. The Morgan fingerprint density at radius 3 is 1.73 bits per heavy atom. The summed E-state index contributed by atoms with van der Waals surface area (Å²) in [6.45, 7) is 4.54. The van der Waals surface area contributed by atoms with Crippen LogP contribution in [0.3, 0.4) is 0 Å². The first kappa shape index (κ1) is 39.3. The molecule has 2 saturated carbocycles. The number of amides is 5. The molecule has 5 rings (SSSR count). The van der Waals surface area contributed by atoms with Crippen molar-refractivity contribution in [2.45, 2.75) is 77.3 Å². The first-order chi connectivity index (χ1) is 23.7. The van der Waals surface area contributed by atoms with Gasteiger partial charge in [-0.3, -0.25) is 4.79 Å². The van der Waals surface area contributed by atoms with Gasteiger partial charge in [-0.2, -0.15) is 0 Å². The number of carbonyl (C=O) groups is 3. The molecule has 2 fully saturated rings. The van der Waals surface area contributed by atoms with Crippen molar-refractivity contribution in [1.29, 1.82) is 0 Å². The smallest absolute Gasteiger partial charge is 0.315 e. The van der Waals surface area contributed by atoms with Gasteiger partial charge in [0.25, 0.3) is 5.91 Å². The first-order valence-electron chi connectivity index (χ1n) is 17.1. The molecule has 7 N–H and O–H groups in total. The van der Waals surface area contributed by atoms with Crippen molar-refractivity contribution in [2.75, 3.05) is 20.1 Å². The summed E-state index contributed by atoms with van der Waals surface area (Å²) in [4.78, 5) is 35.5. The number of nitrogens with zero attached hydrogens (tertiary/aromatic N) is 2. The number of nitrogens with one attached hydrogen (secondary N) is 5. The van der Waals surface area contributed by atoms with Crippen molar-refractivity contribution in [3.63, 3.8) is 0 Å². The Labute approximate surface area is 299 Å². The fraction of sp³-hybridized carbons (Fsp3) is 0.472. The van der Waals surface area contributed by atoms with Crippen molar-refractivity contribution in [2.24, 2.45) is 27.8 Å². The van der Waals surface area contributed by atoms with Crippen LogP contribution in [0.4, 0.5) is 9.59 Å². The summed E-state index contributed by atoms with van der Waals surface area (Å²) >= 11 is 12.2. The van der Waals surface area contributed by atoms with Crippen LogP contribution in [0.15, 0.2) is 82.4 Å². The molecule has 5 amide bonds. The van der Waals surface area contributed by atoms with Gasteiger partial charge >= 0.3 is 12.1 Å². The number of likely N-dealkylation sites (N-methyl/N-ethyl adjacent to an activating group) is 1. The molecule has 1 aliphatic heterocycles. The topological polar surface area (TPSA) is 162 Å². The van der Waals surface area contributed by atoms with Crippen molar-refractivity contribution in [1.82, 2.24) is 26.6 Å². The van der Waals surface area contributed by atoms with Crippen LogP contribution in [-0.4, -0.2) is 38.1 Å². The number of azo groups is 1. The molecule has 0 saturated heterocycles. The zero-order valence-corrected chi connectivity index (χ0v) is 30.1. The molecule has 13 heteroatoms. The molecule has 2 aliphatic carbocycles. The van der Waals surface area contributed by atoms with Crippen LogP contribution in [0.1, 0.15) is 88.4 Å². The summed E-state index contributed by atoms with van der Waals surface area (Å²) in [5.41, 5.74) is 8.76. The largest absolute Gasteiger partial charge is 0.403 e. The van der Waals surface area contributed by atoms with E-state index < -0.39 is 5.91 Å². The Kier molecular flexibility index (Phi) is 16.9. The lowest BCUT2D eigenvalue weighted by atomic mass is 9.92. The lowest BCUT2D eigenvalue weighted by Crippen LogP contribution is -2.41. The number of urea groups is 2. The van der Waals surface area contributed by atoms with Gasteiger partial charge in [0.15, 0.2) is 0 Å². The standard InChI is InChI=1S/C17H19ClN4O2.C17H25ClN4O.C2H6/c18-13-7-3-6-12(8-13)16(11-4-1-2-5-11)20-17(24)19-10-14-9-15(23)22-21-14;1-20-15(10-19)11-21-17(23)22-16(12-5-2-3-6-12)13-7-4-8-14(18)9-13;1-2/h3,6-9,11,16H,1-2,4-5,10H2,(H2,19,20,24);4,7-10,12,16,20H,2-3,5-6,11,19H2,1H3,(H2,21,22,23);1-2H3/b;15-10-;/t16-;;/m0../s1. The SMILES string of the molecule is CC.CN/C(=C\N)CNC(=O)NC(c1cccc(Cl)c1)C1CCCC1.O=C1C=C(CNC(=O)N[C@H](c2cccc(Cl)c2)C2CCCC2)N=N1. The van der Waals surface area contributed by atoms with Crippen molar-refractivity contribution in [3.8, 4) is 0 Å². The van der Waals surface area contributed by atoms with Crippen LogP contribution in [-0.2, 0) is 4.79 Å². The van der Waals surface area contributed by atoms with Crippen LogP contribution < -0.4 is 32.3 Å². The van der Waals surface area contributed by atoms with E-state index in [1.807, 2.05) is 62.4 Å². The van der Waals surface area contributed by atoms with E-state index in [2.05, 4.69) is 36.8 Å². The molecular weight excluding hydrogens is 663 g/mol. The van der Waals surface area contributed by atoms with Gasteiger partial charge in [-0.1, -0.05) is 87.0 Å². The quantitative estimate of drug-likeness (QED) is 0.141. The zero-order chi connectivity index (χ0) is 35.6. The molecule has 2 aromatic carbocycles. The maximum Gasteiger partial charge on any atom is 0.315 e.